The van der Waals surface area contributed by atoms with Crippen LogP contribution in [0.15, 0.2) is 24.8 Å². The zero-order chi connectivity index (χ0) is 17.6. The fraction of sp³-hybridized carbons (Fsp3) is 0.211. The van der Waals surface area contributed by atoms with Crippen molar-refractivity contribution in [2.45, 2.75) is 13.8 Å². The number of nitrogens with one attached hydrogen (secondary N) is 2. The van der Waals surface area contributed by atoms with Crippen molar-refractivity contribution in [1.82, 2.24) is 9.88 Å². The fourth-order valence-corrected chi connectivity index (χ4v) is 3.02. The van der Waals surface area contributed by atoms with Crippen LogP contribution in [-0.2, 0) is 4.79 Å². The first-order valence-electron chi connectivity index (χ1n) is 7.68. The molecule has 0 bridgehead atoms. The van der Waals surface area contributed by atoms with Crippen LogP contribution in [0.2, 0.25) is 0 Å². The lowest BCUT2D eigenvalue weighted by Crippen LogP contribution is -2.09. The molecular weight excluding hydrogens is 305 g/mol. The largest absolute Gasteiger partial charge is 0.378 e. The van der Waals surface area contributed by atoms with Crippen LogP contribution >= 0.6 is 0 Å². The van der Waals surface area contributed by atoms with E-state index in [1.54, 1.807) is 12.1 Å². The van der Waals surface area contributed by atoms with Gasteiger partial charge in [-0.25, -0.2) is 4.39 Å². The molecule has 2 aromatic rings. The maximum Gasteiger partial charge on any atom is 0.256 e. The molecule has 4 nitrogen and oxygen atoms in total. The summed E-state index contributed by atoms with van der Waals surface area (Å²) in [6.07, 6.45) is 1.77. The zero-order valence-electron chi connectivity index (χ0n) is 14.2. The number of rotatable bonds is 3. The number of hydrogen-bond donors (Lipinski definition) is 2. The van der Waals surface area contributed by atoms with Gasteiger partial charge in [-0.1, -0.05) is 6.58 Å². The second kappa shape index (κ2) is 5.67. The highest BCUT2D eigenvalue weighted by atomic mass is 19.1. The number of anilines is 1. The minimum absolute atomic E-state index is 0.227. The van der Waals surface area contributed by atoms with Gasteiger partial charge in [-0.05, 0) is 43.7 Å². The van der Waals surface area contributed by atoms with Crippen LogP contribution in [0.25, 0.3) is 17.3 Å². The summed E-state index contributed by atoms with van der Waals surface area (Å²) in [6, 6.07) is 4.30. The molecule has 1 aliphatic rings. The quantitative estimate of drug-likeness (QED) is 0.843. The number of carbonyl (C=O) groups excluding carboxylic acids is 1. The van der Waals surface area contributed by atoms with Gasteiger partial charge in [-0.2, -0.15) is 0 Å². The van der Waals surface area contributed by atoms with Crippen LogP contribution in [0.5, 0.6) is 0 Å². The molecule has 0 atom stereocenters. The molecule has 2 N–H and O–H groups in total. The van der Waals surface area contributed by atoms with Gasteiger partial charge in [0.15, 0.2) is 0 Å². The molecule has 5 heteroatoms. The van der Waals surface area contributed by atoms with Gasteiger partial charge in [-0.15, -0.1) is 0 Å². The lowest BCUT2D eigenvalue weighted by Gasteiger charge is -2.16. The van der Waals surface area contributed by atoms with Crippen LogP contribution in [0.3, 0.4) is 0 Å². The molecule has 2 heterocycles. The third kappa shape index (κ3) is 2.52. The minimum atomic E-state index is -0.364. The third-order valence-corrected chi connectivity index (χ3v) is 4.36. The maximum atomic E-state index is 13.6. The average molecular weight is 325 g/mol. The monoisotopic (exact) mass is 325 g/mol. The average Bonchev–Trinajstić information content (AvgIpc) is 2.96. The third-order valence-electron chi connectivity index (χ3n) is 4.36. The number of nitrogens with zero attached hydrogens (tertiary/aromatic N) is 1. The smallest absolute Gasteiger partial charge is 0.256 e. The molecule has 0 unspecified atom stereocenters. The van der Waals surface area contributed by atoms with E-state index in [4.69, 9.17) is 0 Å². The van der Waals surface area contributed by atoms with Crippen molar-refractivity contribution >= 4 is 28.9 Å². The number of benzene rings is 1. The Hall–Kier alpha value is -2.82. The fourth-order valence-electron chi connectivity index (χ4n) is 3.02. The predicted molar refractivity (Wildman–Crippen MR) is 95.9 cm³/mol. The summed E-state index contributed by atoms with van der Waals surface area (Å²) in [4.78, 5) is 17.5. The molecule has 0 aliphatic carbocycles. The van der Waals surface area contributed by atoms with Gasteiger partial charge in [0.1, 0.15) is 5.82 Å². The molecule has 0 saturated heterocycles. The Bertz CT molecular complexity index is 890. The van der Waals surface area contributed by atoms with E-state index in [9.17, 15) is 9.18 Å². The number of carbonyl (C=O) groups is 1. The maximum absolute atomic E-state index is 13.6. The van der Waals surface area contributed by atoms with Crippen molar-refractivity contribution < 1.29 is 9.18 Å². The van der Waals surface area contributed by atoms with Crippen molar-refractivity contribution in [1.29, 1.82) is 0 Å². The molecular formula is C19H20FN3O. The first-order valence-corrected chi connectivity index (χ1v) is 7.68. The highest BCUT2D eigenvalue weighted by Crippen LogP contribution is 2.35. The summed E-state index contributed by atoms with van der Waals surface area (Å²) < 4.78 is 13.6. The number of amides is 1. The highest BCUT2D eigenvalue weighted by Gasteiger charge is 2.25. The molecule has 0 radical (unpaired) electrons. The van der Waals surface area contributed by atoms with E-state index in [1.165, 1.54) is 12.1 Å². The first-order chi connectivity index (χ1) is 11.3. The van der Waals surface area contributed by atoms with Crippen LogP contribution in [0, 0.1) is 19.7 Å². The van der Waals surface area contributed by atoms with Crippen molar-refractivity contribution in [3.63, 3.8) is 0 Å². The lowest BCUT2D eigenvalue weighted by molar-refractivity contribution is -0.110. The predicted octanol–water partition coefficient (Wildman–Crippen LogP) is 3.80. The van der Waals surface area contributed by atoms with Crippen LogP contribution < -0.4 is 5.32 Å². The second-order valence-corrected chi connectivity index (χ2v) is 6.21. The van der Waals surface area contributed by atoms with Gasteiger partial charge >= 0.3 is 0 Å². The van der Waals surface area contributed by atoms with Crippen molar-refractivity contribution in [2.75, 3.05) is 19.4 Å². The number of hydrogen-bond acceptors (Lipinski definition) is 2. The van der Waals surface area contributed by atoms with E-state index in [-0.39, 0.29) is 11.7 Å². The Morgan fingerprint density at radius 1 is 1.29 bits per heavy atom. The number of halogens is 1. The first kappa shape index (κ1) is 16.1. The summed E-state index contributed by atoms with van der Waals surface area (Å²) in [7, 11) is 3.88. The molecule has 3 rings (SSSR count). The normalized spacial score (nSPS) is 14.7. The number of aromatic amines is 1. The van der Waals surface area contributed by atoms with Gasteiger partial charge < -0.3 is 15.2 Å². The molecule has 1 amide bonds. The van der Waals surface area contributed by atoms with Gasteiger partial charge in [0.2, 0.25) is 0 Å². The Morgan fingerprint density at radius 2 is 2.00 bits per heavy atom. The van der Waals surface area contributed by atoms with Gasteiger partial charge in [0.25, 0.3) is 5.91 Å². The van der Waals surface area contributed by atoms with E-state index in [0.717, 1.165) is 28.2 Å². The Labute approximate surface area is 140 Å². The number of aromatic nitrogens is 1. The standard InChI is InChI=1S/C19H20FN3O/c1-10-17(21-11(2)18(10)12(3)23(4)5)9-15-14-8-13(20)6-7-16(14)22-19(15)24/h6-9,21H,3H2,1-2,4-5H3,(H,22,24)/b15-9-. The molecule has 1 aromatic heterocycles. The number of H-pyrrole nitrogens is 1. The summed E-state index contributed by atoms with van der Waals surface area (Å²) in [5.74, 6) is -0.590. The molecule has 24 heavy (non-hydrogen) atoms. The minimum Gasteiger partial charge on any atom is -0.378 e. The number of fused-ring (bicyclic) bond motifs is 1. The van der Waals surface area contributed by atoms with Gasteiger partial charge in [0.05, 0.1) is 5.57 Å². The van der Waals surface area contributed by atoms with Crippen molar-refractivity contribution in [2.24, 2.45) is 0 Å². The van der Waals surface area contributed by atoms with E-state index in [1.807, 2.05) is 32.8 Å². The molecule has 124 valence electrons. The topological polar surface area (TPSA) is 48.1 Å². The Kier molecular flexibility index (Phi) is 3.79. The Morgan fingerprint density at radius 3 is 2.67 bits per heavy atom. The zero-order valence-corrected chi connectivity index (χ0v) is 14.2. The highest BCUT2D eigenvalue weighted by molar-refractivity contribution is 6.34. The van der Waals surface area contributed by atoms with E-state index < -0.39 is 0 Å². The summed E-state index contributed by atoms with van der Waals surface area (Å²) >= 11 is 0. The van der Waals surface area contributed by atoms with E-state index in [2.05, 4.69) is 16.9 Å². The van der Waals surface area contributed by atoms with Crippen LogP contribution in [-0.4, -0.2) is 29.9 Å². The molecule has 0 saturated carbocycles. The number of aryl methyl sites for hydroxylation is 1. The van der Waals surface area contributed by atoms with Gasteiger partial charge in [-0.3, -0.25) is 4.79 Å². The molecule has 0 fully saturated rings. The SMILES string of the molecule is C=C(c1c(C)[nH]c(/C=C2\C(=O)Nc3ccc(F)cc32)c1C)N(C)C. The van der Waals surface area contributed by atoms with Crippen molar-refractivity contribution in [3.8, 4) is 0 Å². The Balaban J connectivity index is 2.11. The van der Waals surface area contributed by atoms with E-state index in [0.29, 0.717) is 16.8 Å². The van der Waals surface area contributed by atoms with Gasteiger partial charge in [0, 0.05) is 48.0 Å². The molecule has 0 spiro atoms. The summed E-state index contributed by atoms with van der Waals surface area (Å²) in [5, 5.41) is 2.76. The summed E-state index contributed by atoms with van der Waals surface area (Å²) in [6.45, 7) is 8.07. The molecule has 1 aromatic carbocycles. The van der Waals surface area contributed by atoms with Crippen LogP contribution in [0.1, 0.15) is 28.1 Å². The molecule has 1 aliphatic heterocycles. The van der Waals surface area contributed by atoms with E-state index >= 15 is 0 Å². The lowest BCUT2D eigenvalue weighted by atomic mass is 10.0. The van der Waals surface area contributed by atoms with Crippen LogP contribution in [0.4, 0.5) is 10.1 Å². The summed E-state index contributed by atoms with van der Waals surface area (Å²) in [5.41, 5.74) is 6.42. The van der Waals surface area contributed by atoms with Crippen molar-refractivity contribution in [3.05, 3.63) is 58.7 Å². The second-order valence-electron chi connectivity index (χ2n) is 6.21.